The number of carbonyl (C=O) groups excluding carboxylic acids is 2. The number of anilines is 3. The van der Waals surface area contributed by atoms with E-state index in [1.54, 1.807) is 12.3 Å². The third-order valence-electron chi connectivity index (χ3n) is 6.86. The third kappa shape index (κ3) is 6.94. The maximum absolute atomic E-state index is 13.1. The number of nitrogens with zero attached hydrogens (tertiary/aromatic N) is 3. The molecule has 0 atom stereocenters. The predicted molar refractivity (Wildman–Crippen MR) is 163 cm³/mol. The van der Waals surface area contributed by atoms with E-state index < -0.39 is 11.5 Å². The number of rotatable bonds is 7. The fraction of sp³-hybridized carbons (Fsp3) is 0.250. The predicted octanol–water partition coefficient (Wildman–Crippen LogP) is 3.13. The molecule has 0 unspecified atom stereocenters. The first-order valence-electron chi connectivity index (χ1n) is 12.9. The van der Waals surface area contributed by atoms with Gasteiger partial charge in [0.1, 0.15) is 11.2 Å². The molecule has 1 aliphatic heterocycles. The van der Waals surface area contributed by atoms with Gasteiger partial charge in [-0.1, -0.05) is 29.8 Å². The summed E-state index contributed by atoms with van der Waals surface area (Å²) < 4.78 is 0. The molecule has 0 spiro atoms. The Balaban J connectivity index is 0.00000387. The third-order valence-corrected chi connectivity index (χ3v) is 7.19. The summed E-state index contributed by atoms with van der Waals surface area (Å²) in [6.07, 6.45) is 3.81. The van der Waals surface area contributed by atoms with Crippen LogP contribution in [0.2, 0.25) is 5.02 Å². The fourth-order valence-corrected chi connectivity index (χ4v) is 4.70. The van der Waals surface area contributed by atoms with Crippen molar-refractivity contribution in [3.8, 4) is 0 Å². The van der Waals surface area contributed by atoms with Gasteiger partial charge >= 0.3 is 0 Å². The number of amides is 2. The summed E-state index contributed by atoms with van der Waals surface area (Å²) in [7, 11) is 0. The van der Waals surface area contributed by atoms with E-state index in [4.69, 9.17) is 23.1 Å². The van der Waals surface area contributed by atoms with Crippen molar-refractivity contribution in [1.82, 2.24) is 20.3 Å². The van der Waals surface area contributed by atoms with Gasteiger partial charge in [-0.25, -0.2) is 4.98 Å². The van der Waals surface area contributed by atoms with Gasteiger partial charge in [-0.3, -0.25) is 14.4 Å². The molecule has 214 valence electrons. The topological polar surface area (TPSA) is 172 Å². The number of hydrogen-bond acceptors (Lipinski definition) is 8. The second-order valence-corrected chi connectivity index (χ2v) is 10.1. The number of nitrogens with one attached hydrogen (secondary N) is 3. The van der Waals surface area contributed by atoms with E-state index in [2.05, 4.69) is 25.6 Å². The van der Waals surface area contributed by atoms with Gasteiger partial charge in [0.2, 0.25) is 5.95 Å². The van der Waals surface area contributed by atoms with Gasteiger partial charge in [-0.2, -0.15) is 4.98 Å². The number of nitrogen functional groups attached to an aromatic ring is 1. The summed E-state index contributed by atoms with van der Waals surface area (Å²) in [5.41, 5.74) is 13.6. The molecule has 0 aliphatic carbocycles. The summed E-state index contributed by atoms with van der Waals surface area (Å²) in [4.78, 5) is 52.2. The highest BCUT2D eigenvalue weighted by atomic mass is 35.5. The van der Waals surface area contributed by atoms with E-state index in [1.165, 1.54) is 18.2 Å². The number of piperidine rings is 1. The molecule has 11 nitrogen and oxygen atoms in total. The van der Waals surface area contributed by atoms with Crippen LogP contribution in [0.3, 0.4) is 0 Å². The first kappa shape index (κ1) is 29.8. The van der Waals surface area contributed by atoms with Crippen LogP contribution in [0.15, 0.2) is 59.5 Å². The zero-order valence-electron chi connectivity index (χ0n) is 22.0. The van der Waals surface area contributed by atoms with Gasteiger partial charge in [0.25, 0.3) is 17.4 Å². The summed E-state index contributed by atoms with van der Waals surface area (Å²) >= 11 is 6.29. The smallest absolute Gasteiger partial charge is 0.262 e. The molecular weight excluding hydrogens is 567 g/mol. The quantitative estimate of drug-likeness (QED) is 0.202. The Morgan fingerprint density at radius 2 is 1.85 bits per heavy atom. The highest BCUT2D eigenvalue weighted by Gasteiger charge is 2.20. The number of para-hydroxylation sites is 1. The van der Waals surface area contributed by atoms with Gasteiger partial charge < -0.3 is 32.0 Å². The van der Waals surface area contributed by atoms with Crippen LogP contribution < -0.4 is 32.6 Å². The number of hydrogen-bond donors (Lipinski definition) is 5. The normalized spacial score (nSPS) is 13.5. The Kier molecular flexibility index (Phi) is 9.43. The van der Waals surface area contributed by atoms with E-state index in [1.807, 2.05) is 29.2 Å². The molecule has 41 heavy (non-hydrogen) atoms. The summed E-state index contributed by atoms with van der Waals surface area (Å²) in [6.45, 7) is 1.84. The first-order chi connectivity index (χ1) is 19.3. The first-order valence-corrected chi connectivity index (χ1v) is 13.3. The van der Waals surface area contributed by atoms with Crippen molar-refractivity contribution in [2.75, 3.05) is 35.6 Å². The second-order valence-electron chi connectivity index (χ2n) is 9.66. The van der Waals surface area contributed by atoms with Crippen LogP contribution in [-0.2, 0) is 6.42 Å². The molecule has 3 heterocycles. The van der Waals surface area contributed by atoms with Crippen molar-refractivity contribution in [3.63, 3.8) is 0 Å². The maximum Gasteiger partial charge on any atom is 0.262 e. The molecule has 2 aromatic carbocycles. The molecular formula is C28H30Cl2N8O3. The largest absolute Gasteiger partial charge is 0.399 e. The number of carbonyl (C=O) groups is 2. The van der Waals surface area contributed by atoms with Crippen molar-refractivity contribution in [1.29, 1.82) is 0 Å². The van der Waals surface area contributed by atoms with Crippen molar-refractivity contribution < 1.29 is 9.59 Å². The molecule has 13 heteroatoms. The highest BCUT2D eigenvalue weighted by Crippen LogP contribution is 2.24. The minimum atomic E-state index is -0.684. The summed E-state index contributed by atoms with van der Waals surface area (Å²) in [6, 6.07) is 13.6. The number of aromatic nitrogens is 3. The van der Waals surface area contributed by atoms with E-state index in [0.717, 1.165) is 31.5 Å². The Morgan fingerprint density at radius 1 is 1.10 bits per heavy atom. The second kappa shape index (κ2) is 13.0. The number of benzene rings is 2. The molecule has 2 aromatic heterocycles. The molecule has 0 saturated carbocycles. The van der Waals surface area contributed by atoms with E-state index in [9.17, 15) is 14.4 Å². The number of pyridine rings is 1. The average Bonchev–Trinajstić information content (AvgIpc) is 2.95. The Hall–Kier alpha value is -4.19. The number of H-pyrrole nitrogens is 1. The lowest BCUT2D eigenvalue weighted by molar-refractivity contribution is 0.0952. The molecule has 1 saturated heterocycles. The minimum Gasteiger partial charge on any atom is -0.399 e. The lowest BCUT2D eigenvalue weighted by atomic mass is 10.1. The van der Waals surface area contributed by atoms with Gasteiger partial charge in [-0.15, -0.1) is 12.4 Å². The number of aromatic amines is 1. The van der Waals surface area contributed by atoms with Crippen LogP contribution >= 0.6 is 24.0 Å². The van der Waals surface area contributed by atoms with Gasteiger partial charge in [0, 0.05) is 48.5 Å². The molecule has 7 N–H and O–H groups in total. The van der Waals surface area contributed by atoms with Crippen LogP contribution in [0.5, 0.6) is 0 Å². The molecule has 5 rings (SSSR count). The van der Waals surface area contributed by atoms with Crippen LogP contribution in [0.4, 0.5) is 17.3 Å². The summed E-state index contributed by atoms with van der Waals surface area (Å²) in [5, 5.41) is 6.19. The monoisotopic (exact) mass is 596 g/mol. The minimum absolute atomic E-state index is 0. The Morgan fingerprint density at radius 3 is 2.61 bits per heavy atom. The average molecular weight is 598 g/mol. The van der Waals surface area contributed by atoms with E-state index in [-0.39, 0.29) is 40.6 Å². The van der Waals surface area contributed by atoms with Crippen LogP contribution in [-0.4, -0.2) is 52.4 Å². The Bertz CT molecular complexity index is 1640. The SMILES string of the molecule is Cl.Nc1ccccc1CCNC(=O)c1ccc(Cl)c(NC(=O)c2cc3cnc(N4CCC(N)CC4)nc3[nH]c2=O)c1. The number of nitrogens with two attached hydrogens (primary N) is 2. The lowest BCUT2D eigenvalue weighted by Gasteiger charge is -2.30. The highest BCUT2D eigenvalue weighted by molar-refractivity contribution is 6.34. The van der Waals surface area contributed by atoms with Crippen molar-refractivity contribution in [2.24, 2.45) is 5.73 Å². The molecule has 1 fully saturated rings. The standard InChI is InChI=1S/C28H29ClN8O3.ClH/c29-21-6-5-17(25(38)32-10-7-16-3-1-2-4-22(16)31)14-23(21)34-26(39)20-13-18-15-33-28(36-24(18)35-27(20)40)37-11-8-19(30)9-12-37;/h1-6,13-15,19H,7-12,30-31H2,(H,32,38)(H,34,39)(H,33,35,36,40);1H. The zero-order chi connectivity index (χ0) is 28.2. The molecule has 2 amide bonds. The van der Waals surface area contributed by atoms with Crippen molar-refractivity contribution in [2.45, 2.75) is 25.3 Å². The molecule has 0 radical (unpaired) electrons. The van der Waals surface area contributed by atoms with Crippen LogP contribution in [0.25, 0.3) is 11.0 Å². The lowest BCUT2D eigenvalue weighted by Crippen LogP contribution is -2.40. The fourth-order valence-electron chi connectivity index (χ4n) is 4.53. The van der Waals surface area contributed by atoms with Crippen molar-refractivity contribution >= 4 is 64.2 Å². The van der Waals surface area contributed by atoms with E-state index in [0.29, 0.717) is 41.2 Å². The summed E-state index contributed by atoms with van der Waals surface area (Å²) in [5.74, 6) is -0.522. The zero-order valence-corrected chi connectivity index (χ0v) is 23.6. The maximum atomic E-state index is 13.1. The number of fused-ring (bicyclic) bond motifs is 1. The number of halogens is 2. The van der Waals surface area contributed by atoms with Crippen molar-refractivity contribution in [3.05, 3.63) is 86.8 Å². The molecule has 0 bridgehead atoms. The van der Waals surface area contributed by atoms with Gasteiger partial charge in [0.15, 0.2) is 0 Å². The Labute approximate surface area is 247 Å². The molecule has 1 aliphatic rings. The van der Waals surface area contributed by atoms with Gasteiger partial charge in [0.05, 0.1) is 10.7 Å². The van der Waals surface area contributed by atoms with Crippen LogP contribution in [0, 0.1) is 0 Å². The molecule has 4 aromatic rings. The van der Waals surface area contributed by atoms with Crippen LogP contribution in [0.1, 0.15) is 39.1 Å². The van der Waals surface area contributed by atoms with Gasteiger partial charge in [-0.05, 0) is 55.2 Å². The van der Waals surface area contributed by atoms with E-state index >= 15 is 0 Å².